The first-order chi connectivity index (χ1) is 15.7. The topological polar surface area (TPSA) is 108 Å². The quantitative estimate of drug-likeness (QED) is 0.557. The second-order valence-electron chi connectivity index (χ2n) is 8.40. The number of amides is 2. The van der Waals surface area contributed by atoms with Gasteiger partial charge in [-0.3, -0.25) is 9.59 Å². The minimum Gasteiger partial charge on any atom is -0.340 e. The van der Waals surface area contributed by atoms with Crippen LogP contribution in [0.4, 0.5) is 5.13 Å². The number of fused-ring (bicyclic) bond motifs is 1. The van der Waals surface area contributed by atoms with Crippen LogP contribution in [0.5, 0.6) is 0 Å². The molecule has 1 aromatic carbocycles. The zero-order valence-corrected chi connectivity index (χ0v) is 21.2. The average molecular weight is 493 g/mol. The lowest BCUT2D eigenvalue weighted by Gasteiger charge is -2.22. The van der Waals surface area contributed by atoms with Gasteiger partial charge in [-0.25, -0.2) is 13.4 Å². The zero-order valence-electron chi connectivity index (χ0n) is 19.6. The van der Waals surface area contributed by atoms with Crippen molar-refractivity contribution in [2.45, 2.75) is 64.3 Å². The van der Waals surface area contributed by atoms with E-state index in [0.717, 1.165) is 31.4 Å². The highest BCUT2D eigenvalue weighted by Crippen LogP contribution is 2.29. The first kappa shape index (κ1) is 25.3. The molecule has 1 aromatic heterocycles. The number of benzene rings is 1. The highest BCUT2D eigenvalue weighted by molar-refractivity contribution is 7.89. The van der Waals surface area contributed by atoms with Crippen molar-refractivity contribution >= 4 is 38.3 Å². The maximum atomic E-state index is 13.0. The molecule has 0 fully saturated rings. The highest BCUT2D eigenvalue weighted by atomic mass is 32.2. The van der Waals surface area contributed by atoms with E-state index >= 15 is 0 Å². The molecule has 1 aliphatic rings. The van der Waals surface area contributed by atoms with Gasteiger partial charge >= 0.3 is 0 Å². The number of nitrogens with one attached hydrogen (secondary N) is 2. The van der Waals surface area contributed by atoms with Crippen molar-refractivity contribution in [2.75, 3.05) is 18.4 Å². The molecule has 3 rings (SSSR count). The van der Waals surface area contributed by atoms with Gasteiger partial charge < -0.3 is 10.6 Å². The molecule has 2 amide bonds. The largest absolute Gasteiger partial charge is 0.340 e. The van der Waals surface area contributed by atoms with E-state index in [-0.39, 0.29) is 22.3 Å². The number of anilines is 1. The number of nitrogens with zero attached hydrogens (tertiary/aromatic N) is 2. The average Bonchev–Trinajstić information content (AvgIpc) is 3.20. The van der Waals surface area contributed by atoms with Crippen LogP contribution in [-0.4, -0.2) is 48.7 Å². The molecule has 2 aromatic rings. The number of rotatable bonds is 9. The van der Waals surface area contributed by atoms with E-state index in [1.54, 1.807) is 19.9 Å². The molecule has 0 saturated carbocycles. The third-order valence-corrected chi connectivity index (χ3v) is 8.87. The van der Waals surface area contributed by atoms with Gasteiger partial charge in [0.1, 0.15) is 6.04 Å². The predicted octanol–water partition coefficient (Wildman–Crippen LogP) is 3.45. The Balaban J connectivity index is 1.75. The molecule has 0 radical (unpaired) electrons. The summed E-state index contributed by atoms with van der Waals surface area (Å²) in [7, 11) is -3.69. The van der Waals surface area contributed by atoms with Gasteiger partial charge in [0.2, 0.25) is 15.9 Å². The maximum absolute atomic E-state index is 13.0. The fourth-order valence-corrected chi connectivity index (χ4v) is 6.42. The molecule has 33 heavy (non-hydrogen) atoms. The van der Waals surface area contributed by atoms with Crippen molar-refractivity contribution in [3.63, 3.8) is 0 Å². The van der Waals surface area contributed by atoms with Crippen LogP contribution in [0.15, 0.2) is 29.2 Å². The summed E-state index contributed by atoms with van der Waals surface area (Å²) in [6.07, 6.45) is 4.16. The minimum atomic E-state index is -3.69. The fourth-order valence-electron chi connectivity index (χ4n) is 3.86. The molecule has 8 nitrogen and oxygen atoms in total. The van der Waals surface area contributed by atoms with E-state index in [1.165, 1.54) is 38.7 Å². The molecule has 1 unspecified atom stereocenters. The van der Waals surface area contributed by atoms with Crippen LogP contribution in [0, 0.1) is 5.92 Å². The summed E-state index contributed by atoms with van der Waals surface area (Å²) in [4.78, 5) is 31.7. The first-order valence-corrected chi connectivity index (χ1v) is 13.6. The first-order valence-electron chi connectivity index (χ1n) is 11.4. The van der Waals surface area contributed by atoms with Gasteiger partial charge in [-0.2, -0.15) is 4.31 Å². The Morgan fingerprint density at radius 2 is 1.85 bits per heavy atom. The lowest BCUT2D eigenvalue weighted by atomic mass is 10.0. The van der Waals surface area contributed by atoms with E-state index in [9.17, 15) is 18.0 Å². The van der Waals surface area contributed by atoms with Crippen molar-refractivity contribution < 1.29 is 18.0 Å². The van der Waals surface area contributed by atoms with Gasteiger partial charge in [-0.15, -0.1) is 11.3 Å². The Kier molecular flexibility index (Phi) is 8.25. The number of aromatic nitrogens is 1. The van der Waals surface area contributed by atoms with Crippen LogP contribution >= 0.6 is 11.3 Å². The van der Waals surface area contributed by atoms with Gasteiger partial charge in [0.15, 0.2) is 5.13 Å². The predicted molar refractivity (Wildman–Crippen MR) is 130 cm³/mol. The third-order valence-electron chi connectivity index (χ3n) is 5.75. The highest BCUT2D eigenvalue weighted by Gasteiger charge is 2.28. The Bertz CT molecular complexity index is 1080. The lowest BCUT2D eigenvalue weighted by Crippen LogP contribution is -2.47. The summed E-state index contributed by atoms with van der Waals surface area (Å²) >= 11 is 1.49. The molecule has 10 heteroatoms. The number of sulfonamides is 1. The Morgan fingerprint density at radius 3 is 2.48 bits per heavy atom. The van der Waals surface area contributed by atoms with Gasteiger partial charge in [0.05, 0.1) is 10.6 Å². The number of carbonyl (C=O) groups excluding carboxylic acids is 2. The molecule has 0 bridgehead atoms. The van der Waals surface area contributed by atoms with Gasteiger partial charge in [0, 0.05) is 23.5 Å². The molecule has 2 N–H and O–H groups in total. The van der Waals surface area contributed by atoms with Crippen molar-refractivity contribution in [1.82, 2.24) is 14.6 Å². The van der Waals surface area contributed by atoms with Gasteiger partial charge in [0.25, 0.3) is 5.91 Å². The molecule has 180 valence electrons. The SMILES string of the molecule is CCN(CC)S(=O)(=O)c1cccc(C(=O)NC(C(=O)Nc2nc3c(s2)CCCC3)C(C)C)c1. The molecule has 1 atom stereocenters. The van der Waals surface area contributed by atoms with Crippen LogP contribution in [0.3, 0.4) is 0 Å². The molecule has 1 heterocycles. The molecular weight excluding hydrogens is 460 g/mol. The van der Waals surface area contributed by atoms with E-state index in [2.05, 4.69) is 15.6 Å². The molecular formula is C23H32N4O4S2. The summed E-state index contributed by atoms with van der Waals surface area (Å²) in [6, 6.07) is 5.12. The molecule has 0 spiro atoms. The van der Waals surface area contributed by atoms with Crippen molar-refractivity contribution in [3.05, 3.63) is 40.4 Å². The Hall–Kier alpha value is -2.30. The maximum Gasteiger partial charge on any atom is 0.251 e. The van der Waals surface area contributed by atoms with E-state index in [0.29, 0.717) is 18.2 Å². The summed E-state index contributed by atoms with van der Waals surface area (Å²) in [5.41, 5.74) is 1.24. The standard InChI is InChI=1S/C23H32N4O4S2/c1-5-27(6-2)33(30,31)17-11-9-10-16(14-17)21(28)25-20(15(3)4)22(29)26-23-24-18-12-7-8-13-19(18)32-23/h9-11,14-15,20H,5-8,12-13H2,1-4H3,(H,25,28)(H,24,26,29). The molecule has 1 aliphatic carbocycles. The lowest BCUT2D eigenvalue weighted by molar-refractivity contribution is -0.118. The van der Waals surface area contributed by atoms with Gasteiger partial charge in [-0.05, 0) is 49.8 Å². The van der Waals surface area contributed by atoms with E-state index < -0.39 is 22.0 Å². The van der Waals surface area contributed by atoms with Crippen LogP contribution in [0.1, 0.15) is 61.5 Å². The normalized spacial score (nSPS) is 14.7. The zero-order chi connectivity index (χ0) is 24.2. The number of carbonyl (C=O) groups is 2. The summed E-state index contributed by atoms with van der Waals surface area (Å²) in [5.74, 6) is -1.01. The number of thiazole rings is 1. The summed E-state index contributed by atoms with van der Waals surface area (Å²) < 4.78 is 27.0. The number of hydrogen-bond donors (Lipinski definition) is 2. The molecule has 0 saturated heterocycles. The van der Waals surface area contributed by atoms with Crippen LogP contribution in [0.25, 0.3) is 0 Å². The second kappa shape index (κ2) is 10.8. The number of hydrogen-bond acceptors (Lipinski definition) is 6. The Labute approximate surface area is 199 Å². The van der Waals surface area contributed by atoms with Crippen molar-refractivity contribution in [2.24, 2.45) is 5.92 Å². The van der Waals surface area contributed by atoms with Crippen LogP contribution in [0.2, 0.25) is 0 Å². The Morgan fingerprint density at radius 1 is 1.15 bits per heavy atom. The van der Waals surface area contributed by atoms with Crippen LogP contribution in [-0.2, 0) is 27.7 Å². The van der Waals surface area contributed by atoms with Crippen molar-refractivity contribution in [3.8, 4) is 0 Å². The smallest absolute Gasteiger partial charge is 0.251 e. The van der Waals surface area contributed by atoms with Crippen molar-refractivity contribution in [1.29, 1.82) is 0 Å². The third kappa shape index (κ3) is 5.80. The monoisotopic (exact) mass is 492 g/mol. The summed E-state index contributed by atoms with van der Waals surface area (Å²) in [5, 5.41) is 6.18. The summed E-state index contributed by atoms with van der Waals surface area (Å²) in [6.45, 7) is 7.90. The number of aryl methyl sites for hydroxylation is 2. The second-order valence-corrected chi connectivity index (χ2v) is 11.4. The van der Waals surface area contributed by atoms with E-state index in [4.69, 9.17) is 0 Å². The molecule has 0 aliphatic heterocycles. The van der Waals surface area contributed by atoms with Gasteiger partial charge in [-0.1, -0.05) is 33.8 Å². The fraction of sp³-hybridized carbons (Fsp3) is 0.522. The van der Waals surface area contributed by atoms with E-state index in [1.807, 2.05) is 13.8 Å². The van der Waals surface area contributed by atoms with Crippen LogP contribution < -0.4 is 10.6 Å². The minimum absolute atomic E-state index is 0.0535.